The van der Waals surface area contributed by atoms with Gasteiger partial charge < -0.3 is 10.5 Å². The summed E-state index contributed by atoms with van der Waals surface area (Å²) in [5.41, 5.74) is 5.45. The van der Waals surface area contributed by atoms with Crippen LogP contribution in [-0.4, -0.2) is 44.6 Å². The van der Waals surface area contributed by atoms with Crippen LogP contribution in [0.2, 0.25) is 0 Å². The first kappa shape index (κ1) is 13.2. The fourth-order valence-corrected chi connectivity index (χ4v) is 2.97. The number of nitrogens with zero attached hydrogens (tertiary/aromatic N) is 1. The Morgan fingerprint density at radius 2 is 2.12 bits per heavy atom. The van der Waals surface area contributed by atoms with Crippen molar-refractivity contribution in [3.8, 4) is 0 Å². The average Bonchev–Trinajstić information content (AvgIpc) is 2.13. The molecule has 0 aromatic heterocycles. The van der Waals surface area contributed by atoms with Gasteiger partial charge in [-0.3, -0.25) is 0 Å². The molecular weight excluding hydrogens is 234 g/mol. The Balaban J connectivity index is 2.53. The van der Waals surface area contributed by atoms with Crippen LogP contribution in [-0.2, 0) is 14.9 Å². The van der Waals surface area contributed by atoms with E-state index in [4.69, 9.17) is 5.73 Å². The predicted octanol–water partition coefficient (Wildman–Crippen LogP) is -0.600. The number of methoxy groups -OCH3 is 1. The molecule has 94 valence electrons. The molecule has 7 nitrogen and oxygen atoms in total. The van der Waals surface area contributed by atoms with E-state index >= 15 is 0 Å². The van der Waals surface area contributed by atoms with Crippen molar-refractivity contribution in [2.24, 2.45) is 5.73 Å². The molecule has 3 N–H and O–H groups in total. The Kier molecular flexibility index (Phi) is 3.76. The summed E-state index contributed by atoms with van der Waals surface area (Å²) in [6.07, 6.45) is 0.663. The first-order valence-corrected chi connectivity index (χ1v) is 6.42. The second-order valence-electron chi connectivity index (χ2n) is 3.98. The van der Waals surface area contributed by atoms with Crippen molar-refractivity contribution in [2.75, 3.05) is 20.2 Å². The van der Waals surface area contributed by atoms with E-state index in [-0.39, 0.29) is 13.1 Å². The molecule has 1 aliphatic rings. The van der Waals surface area contributed by atoms with Crippen LogP contribution in [0.1, 0.15) is 19.8 Å². The molecule has 16 heavy (non-hydrogen) atoms. The van der Waals surface area contributed by atoms with Crippen molar-refractivity contribution < 1.29 is 17.9 Å². The van der Waals surface area contributed by atoms with Gasteiger partial charge in [0.2, 0.25) is 0 Å². The number of rotatable bonds is 4. The molecular formula is C8H17N3O4S. The SMILES string of the molecule is CCCC1(N)CN(S(=O)(=O)NC(=O)OC)C1. The van der Waals surface area contributed by atoms with Crippen molar-refractivity contribution in [3.05, 3.63) is 0 Å². The molecule has 0 aliphatic carbocycles. The third-order valence-corrected chi connectivity index (χ3v) is 3.83. The van der Waals surface area contributed by atoms with E-state index in [1.165, 1.54) is 0 Å². The molecule has 1 heterocycles. The minimum atomic E-state index is -3.80. The zero-order chi connectivity index (χ0) is 12.4. The van der Waals surface area contributed by atoms with Gasteiger partial charge in [-0.2, -0.15) is 12.7 Å². The van der Waals surface area contributed by atoms with E-state index in [0.29, 0.717) is 0 Å². The summed E-state index contributed by atoms with van der Waals surface area (Å²) in [6, 6.07) is 0. The van der Waals surface area contributed by atoms with Crippen LogP contribution in [0.4, 0.5) is 4.79 Å². The average molecular weight is 251 g/mol. The molecule has 0 radical (unpaired) electrons. The maximum Gasteiger partial charge on any atom is 0.421 e. The fourth-order valence-electron chi connectivity index (χ4n) is 1.69. The fraction of sp³-hybridized carbons (Fsp3) is 0.875. The number of nitrogens with two attached hydrogens (primary N) is 1. The van der Waals surface area contributed by atoms with Gasteiger partial charge in [-0.1, -0.05) is 13.3 Å². The van der Waals surface area contributed by atoms with Crippen molar-refractivity contribution in [3.63, 3.8) is 0 Å². The number of carbonyl (C=O) groups excluding carboxylic acids is 1. The highest BCUT2D eigenvalue weighted by Crippen LogP contribution is 2.25. The zero-order valence-corrected chi connectivity index (χ0v) is 10.2. The highest BCUT2D eigenvalue weighted by Gasteiger charge is 2.45. The van der Waals surface area contributed by atoms with E-state index in [1.54, 1.807) is 4.72 Å². The Morgan fingerprint density at radius 1 is 1.56 bits per heavy atom. The molecule has 0 atom stereocenters. The molecule has 0 spiro atoms. The lowest BCUT2D eigenvalue weighted by molar-refractivity contribution is 0.142. The lowest BCUT2D eigenvalue weighted by atomic mass is 9.89. The monoisotopic (exact) mass is 251 g/mol. The number of carbonyl (C=O) groups is 1. The van der Waals surface area contributed by atoms with E-state index in [1.807, 2.05) is 6.92 Å². The van der Waals surface area contributed by atoms with Crippen LogP contribution in [0.15, 0.2) is 0 Å². The summed E-state index contributed by atoms with van der Waals surface area (Å²) in [6.45, 7) is 2.44. The van der Waals surface area contributed by atoms with E-state index < -0.39 is 21.8 Å². The molecule has 0 saturated carbocycles. The second-order valence-corrected chi connectivity index (χ2v) is 5.65. The summed E-state index contributed by atoms with van der Waals surface area (Å²) < 4.78 is 30.2. The molecule has 0 aromatic rings. The molecule has 0 bridgehead atoms. The van der Waals surface area contributed by atoms with Gasteiger partial charge in [-0.15, -0.1) is 0 Å². The van der Waals surface area contributed by atoms with Crippen molar-refractivity contribution >= 4 is 16.3 Å². The minimum Gasteiger partial charge on any atom is -0.452 e. The van der Waals surface area contributed by atoms with Gasteiger partial charge >= 0.3 is 16.3 Å². The largest absolute Gasteiger partial charge is 0.452 e. The summed E-state index contributed by atoms with van der Waals surface area (Å²) in [7, 11) is -2.69. The summed E-state index contributed by atoms with van der Waals surface area (Å²) in [5, 5.41) is 0. The van der Waals surface area contributed by atoms with Crippen LogP contribution >= 0.6 is 0 Å². The summed E-state index contributed by atoms with van der Waals surface area (Å²) in [4.78, 5) is 10.8. The summed E-state index contributed by atoms with van der Waals surface area (Å²) in [5.74, 6) is 0. The van der Waals surface area contributed by atoms with E-state index in [0.717, 1.165) is 24.3 Å². The Bertz CT molecular complexity index is 361. The smallest absolute Gasteiger partial charge is 0.421 e. The van der Waals surface area contributed by atoms with Gasteiger partial charge in [-0.25, -0.2) is 9.52 Å². The van der Waals surface area contributed by atoms with Gasteiger partial charge in [-0.05, 0) is 6.42 Å². The number of amides is 1. The Morgan fingerprint density at radius 3 is 2.56 bits per heavy atom. The van der Waals surface area contributed by atoms with Crippen molar-refractivity contribution in [1.29, 1.82) is 0 Å². The standard InChI is InChI=1S/C8H17N3O4S/c1-3-4-8(9)5-11(6-8)16(13,14)10-7(12)15-2/h3-6,9H2,1-2H3,(H,10,12). The highest BCUT2D eigenvalue weighted by molar-refractivity contribution is 7.87. The van der Waals surface area contributed by atoms with Crippen LogP contribution in [0.25, 0.3) is 0 Å². The van der Waals surface area contributed by atoms with Crippen LogP contribution in [0, 0.1) is 0 Å². The molecule has 1 fully saturated rings. The molecule has 1 amide bonds. The molecule has 0 aromatic carbocycles. The maximum atomic E-state index is 11.5. The van der Waals surface area contributed by atoms with E-state index in [2.05, 4.69) is 4.74 Å². The number of ether oxygens (including phenoxy) is 1. The molecule has 1 aliphatic heterocycles. The Hall–Kier alpha value is -0.860. The van der Waals surface area contributed by atoms with Gasteiger partial charge in [0, 0.05) is 18.6 Å². The zero-order valence-electron chi connectivity index (χ0n) is 9.39. The topological polar surface area (TPSA) is 102 Å². The van der Waals surface area contributed by atoms with Gasteiger partial charge in [0.1, 0.15) is 0 Å². The second kappa shape index (κ2) is 4.56. The van der Waals surface area contributed by atoms with Crippen LogP contribution in [0.3, 0.4) is 0 Å². The molecule has 0 unspecified atom stereocenters. The van der Waals surface area contributed by atoms with Gasteiger partial charge in [0.15, 0.2) is 0 Å². The van der Waals surface area contributed by atoms with Crippen molar-refractivity contribution in [2.45, 2.75) is 25.3 Å². The molecule has 1 rings (SSSR count). The third-order valence-electron chi connectivity index (χ3n) is 2.47. The third kappa shape index (κ3) is 2.83. The minimum absolute atomic E-state index is 0.229. The normalized spacial score (nSPS) is 19.9. The quantitative estimate of drug-likeness (QED) is 0.694. The molecule has 1 saturated heterocycles. The van der Waals surface area contributed by atoms with Gasteiger partial charge in [0.05, 0.1) is 7.11 Å². The first-order chi connectivity index (χ1) is 7.33. The van der Waals surface area contributed by atoms with Crippen LogP contribution in [0.5, 0.6) is 0 Å². The number of hydrogen-bond donors (Lipinski definition) is 2. The first-order valence-electron chi connectivity index (χ1n) is 4.98. The van der Waals surface area contributed by atoms with E-state index in [9.17, 15) is 13.2 Å². The molecule has 8 heteroatoms. The number of nitrogens with one attached hydrogen (secondary N) is 1. The maximum absolute atomic E-state index is 11.5. The van der Waals surface area contributed by atoms with Crippen LogP contribution < -0.4 is 10.5 Å². The van der Waals surface area contributed by atoms with Gasteiger partial charge in [0.25, 0.3) is 0 Å². The Labute approximate surface area is 95.1 Å². The lowest BCUT2D eigenvalue weighted by Gasteiger charge is -2.46. The lowest BCUT2D eigenvalue weighted by Crippen LogP contribution is -2.70. The highest BCUT2D eigenvalue weighted by atomic mass is 32.2. The van der Waals surface area contributed by atoms with Crippen molar-refractivity contribution in [1.82, 2.24) is 9.03 Å². The summed E-state index contributed by atoms with van der Waals surface area (Å²) >= 11 is 0. The predicted molar refractivity (Wildman–Crippen MR) is 57.9 cm³/mol. The number of hydrogen-bond acceptors (Lipinski definition) is 5.